The monoisotopic (exact) mass is 469 g/mol. The average molecular weight is 470 g/mol. The van der Waals surface area contributed by atoms with Crippen LogP contribution in [-0.4, -0.2) is 42.5 Å². The van der Waals surface area contributed by atoms with Gasteiger partial charge in [0.1, 0.15) is 4.90 Å². The van der Waals surface area contributed by atoms with Crippen LogP contribution in [0.5, 0.6) is 0 Å². The van der Waals surface area contributed by atoms with E-state index in [2.05, 4.69) is 28.5 Å². The second-order valence-electron chi connectivity index (χ2n) is 7.94. The van der Waals surface area contributed by atoms with Gasteiger partial charge in [0.05, 0.1) is 16.8 Å². The van der Waals surface area contributed by atoms with E-state index in [0.717, 1.165) is 35.6 Å². The van der Waals surface area contributed by atoms with Crippen LogP contribution in [-0.2, 0) is 14.8 Å². The molecule has 1 N–H and O–H groups in total. The third-order valence-electron chi connectivity index (χ3n) is 5.68. The normalized spacial score (nSPS) is 16.0. The lowest BCUT2D eigenvalue weighted by molar-refractivity contribution is -0.119. The number of piperidine rings is 1. The Morgan fingerprint density at radius 2 is 1.81 bits per heavy atom. The standard InChI is InChI=1S/C24H27N3O3S2/c1-18(21-11-7-9-19-8-3-4-10-22(19)21)26-23(28)17-31-24-13-12-20(16-25-24)32(29,30)27-14-5-2-6-15-27/h3-4,7-13,16,18H,2,5-6,14-15,17H2,1H3,(H,26,28). The summed E-state index contributed by atoms with van der Waals surface area (Å²) in [6.07, 6.45) is 4.25. The van der Waals surface area contributed by atoms with Crippen LogP contribution in [0.4, 0.5) is 0 Å². The predicted octanol–water partition coefficient (Wildman–Crippen LogP) is 4.38. The third kappa shape index (κ3) is 5.14. The maximum Gasteiger partial charge on any atom is 0.244 e. The van der Waals surface area contributed by atoms with Gasteiger partial charge in [-0.25, -0.2) is 13.4 Å². The number of aromatic nitrogens is 1. The zero-order chi connectivity index (χ0) is 22.6. The minimum absolute atomic E-state index is 0.0951. The number of hydrogen-bond acceptors (Lipinski definition) is 5. The molecule has 6 nitrogen and oxygen atoms in total. The quantitative estimate of drug-likeness (QED) is 0.520. The molecule has 0 spiro atoms. The Kier molecular flexibility index (Phi) is 7.13. The molecular formula is C24H27N3O3S2. The van der Waals surface area contributed by atoms with Crippen molar-refractivity contribution in [2.75, 3.05) is 18.8 Å². The summed E-state index contributed by atoms with van der Waals surface area (Å²) in [6.45, 7) is 3.10. The molecular weight excluding hydrogens is 442 g/mol. The Labute approximate surface area is 193 Å². The number of hydrogen-bond donors (Lipinski definition) is 1. The lowest BCUT2D eigenvalue weighted by atomic mass is 10.00. The molecule has 1 unspecified atom stereocenters. The number of benzene rings is 2. The summed E-state index contributed by atoms with van der Waals surface area (Å²) < 4.78 is 27.0. The first-order chi connectivity index (χ1) is 15.4. The molecule has 0 radical (unpaired) electrons. The predicted molar refractivity (Wildman–Crippen MR) is 128 cm³/mol. The van der Waals surface area contributed by atoms with Crippen LogP contribution in [0, 0.1) is 0 Å². The van der Waals surface area contributed by atoms with Crippen molar-refractivity contribution in [3.05, 3.63) is 66.4 Å². The molecule has 0 saturated carbocycles. The summed E-state index contributed by atoms with van der Waals surface area (Å²) in [4.78, 5) is 17.0. The summed E-state index contributed by atoms with van der Waals surface area (Å²) in [6, 6.07) is 17.3. The number of rotatable bonds is 7. The van der Waals surface area contributed by atoms with Crippen molar-refractivity contribution < 1.29 is 13.2 Å². The number of nitrogens with zero attached hydrogens (tertiary/aromatic N) is 2. The van der Waals surface area contributed by atoms with Crippen LogP contribution in [0.2, 0.25) is 0 Å². The molecule has 3 aromatic rings. The Balaban J connectivity index is 1.35. The second-order valence-corrected chi connectivity index (χ2v) is 10.9. The zero-order valence-corrected chi connectivity index (χ0v) is 19.7. The van der Waals surface area contributed by atoms with E-state index < -0.39 is 10.0 Å². The summed E-state index contributed by atoms with van der Waals surface area (Å²) in [5.41, 5.74) is 1.08. The highest BCUT2D eigenvalue weighted by atomic mass is 32.2. The fraction of sp³-hybridized carbons (Fsp3) is 0.333. The molecule has 2 aromatic carbocycles. The van der Waals surface area contributed by atoms with Gasteiger partial charge in [0.15, 0.2) is 0 Å². The molecule has 1 amide bonds. The number of carbonyl (C=O) groups is 1. The Hall–Kier alpha value is -2.42. The number of nitrogens with one attached hydrogen (secondary N) is 1. The van der Waals surface area contributed by atoms with E-state index >= 15 is 0 Å². The average Bonchev–Trinajstić information content (AvgIpc) is 2.83. The molecule has 32 heavy (non-hydrogen) atoms. The Morgan fingerprint density at radius 1 is 1.06 bits per heavy atom. The van der Waals surface area contributed by atoms with Crippen molar-refractivity contribution >= 4 is 38.5 Å². The van der Waals surface area contributed by atoms with Crippen LogP contribution in [0.25, 0.3) is 10.8 Å². The van der Waals surface area contributed by atoms with E-state index in [1.165, 1.54) is 22.3 Å². The van der Waals surface area contributed by atoms with Gasteiger partial charge >= 0.3 is 0 Å². The highest BCUT2D eigenvalue weighted by Crippen LogP contribution is 2.25. The molecule has 2 heterocycles. The Bertz CT molecular complexity index is 1190. The fourth-order valence-corrected chi connectivity index (χ4v) is 6.10. The first-order valence-corrected chi connectivity index (χ1v) is 13.2. The van der Waals surface area contributed by atoms with Gasteiger partial charge in [-0.2, -0.15) is 4.31 Å². The molecule has 1 saturated heterocycles. The van der Waals surface area contributed by atoms with Crippen molar-refractivity contribution in [1.29, 1.82) is 0 Å². The van der Waals surface area contributed by atoms with E-state index in [1.54, 1.807) is 12.1 Å². The fourth-order valence-electron chi connectivity index (χ4n) is 3.99. The van der Waals surface area contributed by atoms with Gasteiger partial charge in [0, 0.05) is 19.3 Å². The number of carbonyl (C=O) groups excluding carboxylic acids is 1. The summed E-state index contributed by atoms with van der Waals surface area (Å²) >= 11 is 1.29. The molecule has 4 rings (SSSR count). The molecule has 1 aliphatic heterocycles. The van der Waals surface area contributed by atoms with Crippen LogP contribution in [0.1, 0.15) is 37.8 Å². The van der Waals surface area contributed by atoms with Crippen LogP contribution >= 0.6 is 11.8 Å². The minimum Gasteiger partial charge on any atom is -0.349 e. The van der Waals surface area contributed by atoms with Gasteiger partial charge in [-0.1, -0.05) is 60.6 Å². The van der Waals surface area contributed by atoms with Crippen LogP contribution < -0.4 is 5.32 Å². The lowest BCUT2D eigenvalue weighted by Crippen LogP contribution is -2.35. The maximum absolute atomic E-state index is 12.7. The van der Waals surface area contributed by atoms with Gasteiger partial charge < -0.3 is 5.32 Å². The molecule has 0 aliphatic carbocycles. The number of fused-ring (bicyclic) bond motifs is 1. The smallest absolute Gasteiger partial charge is 0.244 e. The van der Waals surface area contributed by atoms with Gasteiger partial charge in [0.25, 0.3) is 0 Å². The van der Waals surface area contributed by atoms with Crippen LogP contribution in [0.15, 0.2) is 70.7 Å². The molecule has 1 fully saturated rings. The molecule has 168 valence electrons. The SMILES string of the molecule is CC(NC(=O)CSc1ccc(S(=O)(=O)N2CCCCC2)cn1)c1cccc2ccccc12. The van der Waals surface area contributed by atoms with Crippen molar-refractivity contribution in [3.8, 4) is 0 Å². The van der Waals surface area contributed by atoms with Crippen molar-refractivity contribution in [3.63, 3.8) is 0 Å². The molecule has 0 bridgehead atoms. The third-order valence-corrected chi connectivity index (χ3v) is 8.51. The Morgan fingerprint density at radius 3 is 2.56 bits per heavy atom. The van der Waals surface area contributed by atoms with E-state index in [4.69, 9.17) is 0 Å². The second kappa shape index (κ2) is 10.0. The molecule has 8 heteroatoms. The maximum atomic E-state index is 12.7. The number of sulfonamides is 1. The highest BCUT2D eigenvalue weighted by molar-refractivity contribution is 7.99. The molecule has 1 atom stereocenters. The largest absolute Gasteiger partial charge is 0.349 e. The van der Waals surface area contributed by atoms with E-state index in [1.807, 2.05) is 31.2 Å². The molecule has 1 aromatic heterocycles. The number of amides is 1. The van der Waals surface area contributed by atoms with Gasteiger partial charge in [0.2, 0.25) is 15.9 Å². The topological polar surface area (TPSA) is 79.4 Å². The number of thioether (sulfide) groups is 1. The number of pyridine rings is 1. The van der Waals surface area contributed by atoms with Crippen molar-refractivity contribution in [2.24, 2.45) is 0 Å². The highest BCUT2D eigenvalue weighted by Gasteiger charge is 2.26. The van der Waals surface area contributed by atoms with Gasteiger partial charge in [-0.05, 0) is 48.2 Å². The first-order valence-electron chi connectivity index (χ1n) is 10.8. The summed E-state index contributed by atoms with van der Waals surface area (Å²) in [5.74, 6) is 0.114. The van der Waals surface area contributed by atoms with Crippen LogP contribution in [0.3, 0.4) is 0 Å². The van der Waals surface area contributed by atoms with E-state index in [0.29, 0.717) is 18.1 Å². The van der Waals surface area contributed by atoms with Gasteiger partial charge in [-0.15, -0.1) is 0 Å². The van der Waals surface area contributed by atoms with Crippen molar-refractivity contribution in [2.45, 2.75) is 42.1 Å². The van der Waals surface area contributed by atoms with E-state index in [-0.39, 0.29) is 22.6 Å². The zero-order valence-electron chi connectivity index (χ0n) is 18.0. The van der Waals surface area contributed by atoms with E-state index in [9.17, 15) is 13.2 Å². The lowest BCUT2D eigenvalue weighted by Gasteiger charge is -2.25. The molecule has 1 aliphatic rings. The van der Waals surface area contributed by atoms with Crippen molar-refractivity contribution in [1.82, 2.24) is 14.6 Å². The summed E-state index contributed by atoms with van der Waals surface area (Å²) in [7, 11) is -3.49. The summed E-state index contributed by atoms with van der Waals surface area (Å²) in [5, 5.41) is 5.94. The first kappa shape index (κ1) is 22.8. The minimum atomic E-state index is -3.49. The van der Waals surface area contributed by atoms with Gasteiger partial charge in [-0.3, -0.25) is 4.79 Å².